The number of carbonyl (C=O) groups excluding carboxylic acids is 2. The van der Waals surface area contributed by atoms with Crippen LogP contribution in [0.3, 0.4) is 0 Å². The van der Waals surface area contributed by atoms with Gasteiger partial charge in [-0.2, -0.15) is 0 Å². The predicted octanol–water partition coefficient (Wildman–Crippen LogP) is 2.89. The van der Waals surface area contributed by atoms with Crippen molar-refractivity contribution in [3.63, 3.8) is 0 Å². The van der Waals surface area contributed by atoms with Crippen molar-refractivity contribution in [1.82, 2.24) is 20.6 Å². The van der Waals surface area contributed by atoms with Gasteiger partial charge in [0.1, 0.15) is 18.7 Å². The van der Waals surface area contributed by atoms with E-state index in [-0.39, 0.29) is 18.8 Å². The van der Waals surface area contributed by atoms with E-state index in [9.17, 15) is 9.59 Å². The fourth-order valence-corrected chi connectivity index (χ4v) is 3.46. The van der Waals surface area contributed by atoms with Crippen molar-refractivity contribution in [2.75, 3.05) is 20.3 Å². The van der Waals surface area contributed by atoms with Crippen LogP contribution in [0.4, 0.5) is 4.79 Å². The number of ether oxygens (including phenoxy) is 3. The maximum Gasteiger partial charge on any atom is 0.338 e. The highest BCUT2D eigenvalue weighted by atomic mass is 16.5. The number of carbonyl (C=O) groups is 2. The maximum absolute atomic E-state index is 12.9. The van der Waals surface area contributed by atoms with E-state index < -0.39 is 18.0 Å². The normalized spacial score (nSPS) is 15.7. The number of esters is 1. The lowest BCUT2D eigenvalue weighted by molar-refractivity contribution is -0.139. The molecule has 2 heterocycles. The van der Waals surface area contributed by atoms with Gasteiger partial charge in [0.05, 0.1) is 41.9 Å². The van der Waals surface area contributed by atoms with Crippen LogP contribution in [0.5, 0.6) is 11.6 Å². The molecule has 164 valence electrons. The second-order valence-electron chi connectivity index (χ2n) is 6.90. The third kappa shape index (κ3) is 4.31. The summed E-state index contributed by atoms with van der Waals surface area (Å²) in [6.07, 6.45) is 1.40. The van der Waals surface area contributed by atoms with E-state index in [0.29, 0.717) is 22.9 Å². The fourth-order valence-electron chi connectivity index (χ4n) is 3.46. The quantitative estimate of drug-likeness (QED) is 0.550. The van der Waals surface area contributed by atoms with Crippen LogP contribution in [0.15, 0.2) is 66.1 Å². The van der Waals surface area contributed by atoms with Crippen LogP contribution in [0.2, 0.25) is 0 Å². The number of hydrogen-bond donors (Lipinski definition) is 2. The van der Waals surface area contributed by atoms with Crippen LogP contribution in [-0.2, 0) is 9.53 Å². The highest BCUT2D eigenvalue weighted by Crippen LogP contribution is 2.30. The van der Waals surface area contributed by atoms with Crippen LogP contribution in [-0.4, -0.2) is 42.3 Å². The smallest absolute Gasteiger partial charge is 0.338 e. The molecule has 0 saturated carbocycles. The van der Waals surface area contributed by atoms with E-state index in [1.54, 1.807) is 38.3 Å². The van der Waals surface area contributed by atoms with Crippen molar-refractivity contribution in [2.45, 2.75) is 13.0 Å². The predicted molar refractivity (Wildman–Crippen MR) is 116 cm³/mol. The Kier molecular flexibility index (Phi) is 6.16. The van der Waals surface area contributed by atoms with Gasteiger partial charge in [0, 0.05) is 0 Å². The van der Waals surface area contributed by atoms with Crippen molar-refractivity contribution >= 4 is 22.9 Å². The van der Waals surface area contributed by atoms with Crippen molar-refractivity contribution < 1.29 is 23.8 Å². The molecule has 0 radical (unpaired) electrons. The van der Waals surface area contributed by atoms with Crippen LogP contribution in [0.25, 0.3) is 10.9 Å². The topological polar surface area (TPSA) is 112 Å². The molecule has 1 atom stereocenters. The molecular weight excluding hydrogens is 412 g/mol. The van der Waals surface area contributed by atoms with Gasteiger partial charge in [0.15, 0.2) is 0 Å². The molecule has 3 aromatic rings. The monoisotopic (exact) mass is 434 g/mol. The zero-order chi connectivity index (χ0) is 22.5. The van der Waals surface area contributed by atoms with Gasteiger partial charge < -0.3 is 24.8 Å². The first-order chi connectivity index (χ1) is 15.6. The van der Waals surface area contributed by atoms with E-state index in [2.05, 4.69) is 20.6 Å². The van der Waals surface area contributed by atoms with Crippen LogP contribution in [0.1, 0.15) is 18.5 Å². The first kappa shape index (κ1) is 21.1. The molecule has 1 aromatic heterocycles. The number of aromatic nitrogens is 2. The van der Waals surface area contributed by atoms with Gasteiger partial charge in [0.2, 0.25) is 5.88 Å². The number of amides is 2. The van der Waals surface area contributed by atoms with Gasteiger partial charge in [-0.25, -0.2) is 19.6 Å². The molecule has 9 nitrogen and oxygen atoms in total. The Hall–Kier alpha value is -4.14. The van der Waals surface area contributed by atoms with Gasteiger partial charge in [-0.3, -0.25) is 0 Å². The van der Waals surface area contributed by atoms with Gasteiger partial charge >= 0.3 is 12.0 Å². The highest BCUT2D eigenvalue weighted by Gasteiger charge is 2.34. The van der Waals surface area contributed by atoms with E-state index in [1.165, 1.54) is 6.33 Å². The number of methoxy groups -OCH3 is 1. The number of fused-ring (bicyclic) bond motifs is 1. The molecule has 2 N–H and O–H groups in total. The Labute approximate surface area is 184 Å². The lowest BCUT2D eigenvalue weighted by atomic mass is 9.95. The van der Waals surface area contributed by atoms with E-state index in [4.69, 9.17) is 14.2 Å². The summed E-state index contributed by atoms with van der Waals surface area (Å²) in [6, 6.07) is 13.3. The molecule has 4 rings (SSSR count). The Morgan fingerprint density at radius 2 is 1.88 bits per heavy atom. The van der Waals surface area contributed by atoms with Crippen molar-refractivity contribution in [3.8, 4) is 11.6 Å². The minimum atomic E-state index is -0.713. The first-order valence-electron chi connectivity index (χ1n) is 10.0. The summed E-state index contributed by atoms with van der Waals surface area (Å²) in [5.74, 6) is 0.460. The zero-order valence-electron chi connectivity index (χ0n) is 17.6. The Bertz CT molecular complexity index is 1170. The molecule has 0 spiro atoms. The lowest BCUT2D eigenvalue weighted by Gasteiger charge is -2.29. The standard InChI is InChI=1S/C23H22N4O5/c1-3-31-22(28)19-18(12-32-21-16-6-4-5-7-17(16)24-13-25-21)26-23(29)27-20(19)14-8-10-15(30-2)11-9-14/h4-11,13,20H,3,12H2,1-2H3,(H2,26,27,29). The summed E-state index contributed by atoms with van der Waals surface area (Å²) in [7, 11) is 1.57. The van der Waals surface area contributed by atoms with Crippen LogP contribution in [0, 0.1) is 0 Å². The van der Waals surface area contributed by atoms with Crippen molar-refractivity contribution in [1.29, 1.82) is 0 Å². The van der Waals surface area contributed by atoms with Crippen LogP contribution < -0.4 is 20.1 Å². The largest absolute Gasteiger partial charge is 0.497 e. The minimum absolute atomic E-state index is 0.0881. The molecule has 1 unspecified atom stereocenters. The number of rotatable bonds is 7. The Morgan fingerprint density at radius 3 is 2.62 bits per heavy atom. The van der Waals surface area contributed by atoms with Gasteiger partial charge in [-0.1, -0.05) is 24.3 Å². The molecule has 0 saturated heterocycles. The number of hydrogen-bond acceptors (Lipinski definition) is 7. The number of nitrogens with one attached hydrogen (secondary N) is 2. The average Bonchev–Trinajstić information content (AvgIpc) is 2.82. The van der Waals surface area contributed by atoms with E-state index >= 15 is 0 Å². The van der Waals surface area contributed by atoms with Crippen molar-refractivity contribution in [3.05, 3.63) is 71.7 Å². The second kappa shape index (κ2) is 9.34. The summed E-state index contributed by atoms with van der Waals surface area (Å²) < 4.78 is 16.4. The molecule has 0 bridgehead atoms. The molecule has 9 heteroatoms. The van der Waals surface area contributed by atoms with Gasteiger partial charge in [0.25, 0.3) is 0 Å². The Balaban J connectivity index is 1.70. The number of benzene rings is 2. The van der Waals surface area contributed by atoms with Gasteiger partial charge in [-0.05, 0) is 36.8 Å². The van der Waals surface area contributed by atoms with Gasteiger partial charge in [-0.15, -0.1) is 0 Å². The molecule has 0 fully saturated rings. The average molecular weight is 434 g/mol. The zero-order valence-corrected chi connectivity index (χ0v) is 17.6. The maximum atomic E-state index is 12.9. The van der Waals surface area contributed by atoms with Crippen LogP contribution >= 0.6 is 0 Å². The van der Waals surface area contributed by atoms with Crippen molar-refractivity contribution in [2.24, 2.45) is 0 Å². The summed E-state index contributed by atoms with van der Waals surface area (Å²) in [5, 5.41) is 6.19. The second-order valence-corrected chi connectivity index (χ2v) is 6.90. The molecule has 0 aliphatic carbocycles. The highest BCUT2D eigenvalue weighted by molar-refractivity contribution is 5.95. The number of para-hydroxylation sites is 1. The molecule has 2 aromatic carbocycles. The molecule has 2 amide bonds. The number of nitrogens with zero attached hydrogens (tertiary/aromatic N) is 2. The third-order valence-corrected chi connectivity index (χ3v) is 4.96. The minimum Gasteiger partial charge on any atom is -0.497 e. The van der Waals surface area contributed by atoms with E-state index in [0.717, 1.165) is 10.9 Å². The summed E-state index contributed by atoms with van der Waals surface area (Å²) in [4.78, 5) is 33.7. The molecule has 1 aliphatic heterocycles. The fraction of sp³-hybridized carbons (Fsp3) is 0.217. The summed E-state index contributed by atoms with van der Waals surface area (Å²) in [6.45, 7) is 1.82. The summed E-state index contributed by atoms with van der Waals surface area (Å²) >= 11 is 0. The Morgan fingerprint density at radius 1 is 1.09 bits per heavy atom. The molecule has 1 aliphatic rings. The lowest BCUT2D eigenvalue weighted by Crippen LogP contribution is -2.47. The first-order valence-corrected chi connectivity index (χ1v) is 10.0. The third-order valence-electron chi connectivity index (χ3n) is 4.96. The molecule has 32 heavy (non-hydrogen) atoms. The SMILES string of the molecule is CCOC(=O)C1=C(COc2ncnc3ccccc23)NC(=O)NC1c1ccc(OC)cc1. The summed E-state index contributed by atoms with van der Waals surface area (Å²) in [5.41, 5.74) is 1.99. The number of urea groups is 1. The molecular formula is C23H22N4O5. The van der Waals surface area contributed by atoms with E-state index in [1.807, 2.05) is 24.3 Å².